The highest BCUT2D eigenvalue weighted by Gasteiger charge is 2.12. The summed E-state index contributed by atoms with van der Waals surface area (Å²) in [7, 11) is 1.78. The van der Waals surface area contributed by atoms with Crippen molar-refractivity contribution < 1.29 is 4.42 Å². The molecule has 0 spiro atoms. The van der Waals surface area contributed by atoms with Gasteiger partial charge in [0.05, 0.1) is 12.6 Å². The molecule has 1 atom stereocenters. The van der Waals surface area contributed by atoms with Gasteiger partial charge in [-0.2, -0.15) is 9.97 Å². The Bertz CT molecular complexity index is 690. The van der Waals surface area contributed by atoms with Gasteiger partial charge in [0.1, 0.15) is 11.3 Å². The molecular formula is C13H16N6O. The number of furan rings is 1. The van der Waals surface area contributed by atoms with E-state index in [4.69, 9.17) is 4.42 Å². The first-order chi connectivity index (χ1) is 9.76. The predicted molar refractivity (Wildman–Crippen MR) is 76.7 cm³/mol. The molecule has 0 aliphatic rings. The highest BCUT2D eigenvalue weighted by Crippen LogP contribution is 2.19. The van der Waals surface area contributed by atoms with E-state index in [1.165, 1.54) is 0 Å². The lowest BCUT2D eigenvalue weighted by Crippen LogP contribution is -2.19. The summed E-state index contributed by atoms with van der Waals surface area (Å²) in [6.07, 6.45) is 4.07. The lowest BCUT2D eigenvalue weighted by atomic mass is 10.2. The second-order valence-corrected chi connectivity index (χ2v) is 4.58. The van der Waals surface area contributed by atoms with Crippen molar-refractivity contribution in [1.82, 2.24) is 19.9 Å². The maximum absolute atomic E-state index is 5.35. The van der Waals surface area contributed by atoms with Crippen molar-refractivity contribution in [1.29, 1.82) is 0 Å². The zero-order valence-electron chi connectivity index (χ0n) is 11.3. The fraction of sp³-hybridized carbons (Fsp3) is 0.308. The van der Waals surface area contributed by atoms with Crippen molar-refractivity contribution in [3.05, 3.63) is 30.5 Å². The van der Waals surface area contributed by atoms with Gasteiger partial charge in [0.2, 0.25) is 5.95 Å². The summed E-state index contributed by atoms with van der Waals surface area (Å²) in [5, 5.41) is 6.30. The Hall–Kier alpha value is -2.57. The van der Waals surface area contributed by atoms with Gasteiger partial charge in [-0.1, -0.05) is 0 Å². The van der Waals surface area contributed by atoms with Gasteiger partial charge in [-0.15, -0.1) is 0 Å². The zero-order valence-corrected chi connectivity index (χ0v) is 11.3. The van der Waals surface area contributed by atoms with Crippen LogP contribution in [0.3, 0.4) is 0 Å². The van der Waals surface area contributed by atoms with Crippen LogP contribution in [0.2, 0.25) is 0 Å². The number of rotatable bonds is 5. The number of hydrogen-bond donors (Lipinski definition) is 3. The second-order valence-electron chi connectivity index (χ2n) is 4.58. The standard InChI is InChI=1S/C13H16N6O/c1-8(6-9-4-3-5-20-9)17-12-10-11(16-7-15-10)18-13(14-2)19-12/h3-5,7-8H,6H2,1-2H3,(H3,14,15,16,17,18,19). The third-order valence-corrected chi connectivity index (χ3v) is 2.98. The molecule has 0 saturated heterocycles. The van der Waals surface area contributed by atoms with E-state index in [-0.39, 0.29) is 6.04 Å². The molecule has 104 valence electrons. The third kappa shape index (κ3) is 2.42. The van der Waals surface area contributed by atoms with Gasteiger partial charge in [-0.25, -0.2) is 4.98 Å². The van der Waals surface area contributed by atoms with E-state index in [9.17, 15) is 0 Å². The number of imidazole rings is 1. The van der Waals surface area contributed by atoms with E-state index in [1.807, 2.05) is 12.1 Å². The van der Waals surface area contributed by atoms with Crippen LogP contribution in [-0.4, -0.2) is 33.0 Å². The molecule has 7 heteroatoms. The minimum Gasteiger partial charge on any atom is -0.469 e. The zero-order chi connectivity index (χ0) is 13.9. The molecule has 0 aromatic carbocycles. The van der Waals surface area contributed by atoms with Crippen LogP contribution < -0.4 is 10.6 Å². The maximum Gasteiger partial charge on any atom is 0.226 e. The van der Waals surface area contributed by atoms with Crippen LogP contribution in [0.1, 0.15) is 12.7 Å². The number of anilines is 2. The first kappa shape index (κ1) is 12.5. The molecule has 0 amide bonds. The van der Waals surface area contributed by atoms with Crippen LogP contribution in [0.4, 0.5) is 11.8 Å². The first-order valence-corrected chi connectivity index (χ1v) is 6.44. The van der Waals surface area contributed by atoms with E-state index in [1.54, 1.807) is 19.6 Å². The minimum atomic E-state index is 0.173. The number of hydrogen-bond acceptors (Lipinski definition) is 6. The van der Waals surface area contributed by atoms with Gasteiger partial charge in [-0.3, -0.25) is 0 Å². The van der Waals surface area contributed by atoms with Crippen LogP contribution in [0, 0.1) is 0 Å². The lowest BCUT2D eigenvalue weighted by molar-refractivity contribution is 0.497. The van der Waals surface area contributed by atoms with E-state index in [0.29, 0.717) is 11.6 Å². The predicted octanol–water partition coefficient (Wildman–Crippen LogP) is 2.03. The highest BCUT2D eigenvalue weighted by atomic mass is 16.3. The highest BCUT2D eigenvalue weighted by molar-refractivity contribution is 5.83. The minimum absolute atomic E-state index is 0.173. The molecular weight excluding hydrogens is 256 g/mol. The number of H-pyrrole nitrogens is 1. The molecule has 0 aliphatic carbocycles. The molecule has 3 N–H and O–H groups in total. The van der Waals surface area contributed by atoms with Crippen molar-refractivity contribution in [2.45, 2.75) is 19.4 Å². The number of aromatic nitrogens is 4. The Kier molecular flexibility index (Phi) is 3.24. The molecule has 20 heavy (non-hydrogen) atoms. The summed E-state index contributed by atoms with van der Waals surface area (Å²) >= 11 is 0. The monoisotopic (exact) mass is 272 g/mol. The average Bonchev–Trinajstić information content (AvgIpc) is 3.09. The van der Waals surface area contributed by atoms with Crippen LogP contribution in [0.25, 0.3) is 11.2 Å². The molecule has 3 aromatic rings. The van der Waals surface area contributed by atoms with Gasteiger partial charge in [-0.05, 0) is 19.1 Å². The first-order valence-electron chi connectivity index (χ1n) is 6.44. The lowest BCUT2D eigenvalue weighted by Gasteiger charge is -2.14. The smallest absolute Gasteiger partial charge is 0.226 e. The molecule has 0 bridgehead atoms. The van der Waals surface area contributed by atoms with Crippen molar-refractivity contribution in [2.24, 2.45) is 0 Å². The molecule has 0 saturated carbocycles. The van der Waals surface area contributed by atoms with E-state index < -0.39 is 0 Å². The summed E-state index contributed by atoms with van der Waals surface area (Å²) in [6.45, 7) is 2.08. The Labute approximate surface area is 115 Å². The summed E-state index contributed by atoms with van der Waals surface area (Å²) in [6, 6.07) is 4.02. The quantitative estimate of drug-likeness (QED) is 0.658. The van der Waals surface area contributed by atoms with Gasteiger partial charge >= 0.3 is 0 Å². The molecule has 0 aliphatic heterocycles. The number of nitrogens with one attached hydrogen (secondary N) is 3. The Morgan fingerprint density at radius 3 is 3.05 bits per heavy atom. The summed E-state index contributed by atoms with van der Waals surface area (Å²) in [5.74, 6) is 2.21. The SMILES string of the molecule is CNc1nc(NC(C)Cc2ccco2)c2[nH]cnc2n1. The third-order valence-electron chi connectivity index (χ3n) is 2.98. The van der Waals surface area contributed by atoms with Gasteiger partial charge < -0.3 is 20.0 Å². The second kappa shape index (κ2) is 5.20. The van der Waals surface area contributed by atoms with Gasteiger partial charge in [0.15, 0.2) is 11.5 Å². The molecule has 3 rings (SSSR count). The van der Waals surface area contributed by atoms with Crippen LogP contribution in [0.15, 0.2) is 29.1 Å². The van der Waals surface area contributed by atoms with Crippen LogP contribution in [-0.2, 0) is 6.42 Å². The molecule has 3 aromatic heterocycles. The van der Waals surface area contributed by atoms with E-state index in [2.05, 4.69) is 37.5 Å². The fourth-order valence-electron chi connectivity index (χ4n) is 2.06. The maximum atomic E-state index is 5.35. The van der Waals surface area contributed by atoms with Crippen LogP contribution >= 0.6 is 0 Å². The largest absolute Gasteiger partial charge is 0.469 e. The molecule has 1 unspecified atom stereocenters. The number of nitrogens with zero attached hydrogens (tertiary/aromatic N) is 3. The van der Waals surface area contributed by atoms with Crippen molar-refractivity contribution >= 4 is 22.9 Å². The summed E-state index contributed by atoms with van der Waals surface area (Å²) in [5.41, 5.74) is 1.44. The molecule has 0 fully saturated rings. The Morgan fingerprint density at radius 1 is 1.40 bits per heavy atom. The molecule has 0 radical (unpaired) electrons. The molecule has 7 nitrogen and oxygen atoms in total. The number of aromatic amines is 1. The Morgan fingerprint density at radius 2 is 2.30 bits per heavy atom. The van der Waals surface area contributed by atoms with E-state index in [0.717, 1.165) is 23.5 Å². The van der Waals surface area contributed by atoms with Crippen molar-refractivity contribution in [2.75, 3.05) is 17.7 Å². The topological polar surface area (TPSA) is 91.7 Å². The van der Waals surface area contributed by atoms with Crippen molar-refractivity contribution in [3.63, 3.8) is 0 Å². The van der Waals surface area contributed by atoms with Crippen molar-refractivity contribution in [3.8, 4) is 0 Å². The number of fused-ring (bicyclic) bond motifs is 1. The normalized spacial score (nSPS) is 12.5. The summed E-state index contributed by atoms with van der Waals surface area (Å²) < 4.78 is 5.35. The Balaban J connectivity index is 1.84. The van der Waals surface area contributed by atoms with E-state index >= 15 is 0 Å². The summed E-state index contributed by atoms with van der Waals surface area (Å²) in [4.78, 5) is 15.9. The van der Waals surface area contributed by atoms with Crippen LogP contribution in [0.5, 0.6) is 0 Å². The molecule has 3 heterocycles. The average molecular weight is 272 g/mol. The van der Waals surface area contributed by atoms with Gasteiger partial charge in [0.25, 0.3) is 0 Å². The van der Waals surface area contributed by atoms with Gasteiger partial charge in [0, 0.05) is 19.5 Å². The fourth-order valence-corrected chi connectivity index (χ4v) is 2.06.